The van der Waals surface area contributed by atoms with E-state index in [9.17, 15) is 0 Å². The van der Waals surface area contributed by atoms with Gasteiger partial charge in [-0.15, -0.1) is 0 Å². The van der Waals surface area contributed by atoms with Crippen LogP contribution in [0.4, 0.5) is 28.7 Å². The van der Waals surface area contributed by atoms with Crippen LogP contribution < -0.4 is 56.6 Å². The highest BCUT2D eigenvalue weighted by atomic mass is 28.3. The first-order chi connectivity index (χ1) is 40.7. The SMILES string of the molecule is c1ccc(-c2nc(N3c4ccccc4N4c5cc([Si](c6ccccc6)(c6ccccc6)c6ccccc6)ccc5NC34)nc(-n3c4ccccc4n4c5cc([Si](c6ccccc6)(c6ccccc6)c6ccccc6)ccc5nc34)n2)cc1. The summed E-state index contributed by atoms with van der Waals surface area (Å²) in [7, 11) is -5.76. The minimum absolute atomic E-state index is 0.403. The number of rotatable bonds is 11. The molecule has 11 heteroatoms. The van der Waals surface area contributed by atoms with Gasteiger partial charge >= 0.3 is 0 Å². The first-order valence-corrected chi connectivity index (χ1v) is 31.8. The zero-order valence-corrected chi connectivity index (χ0v) is 46.4. The molecule has 9 nitrogen and oxygen atoms in total. The molecule has 16 rings (SSSR count). The van der Waals surface area contributed by atoms with E-state index in [2.05, 4.69) is 303 Å². The number of hydrogen-bond acceptors (Lipinski definition) is 7. The van der Waals surface area contributed by atoms with E-state index in [0.29, 0.717) is 23.5 Å². The lowest BCUT2D eigenvalue weighted by molar-refractivity contribution is 0.773. The number of nitrogens with zero attached hydrogens (tertiary/aromatic N) is 8. The number of anilines is 5. The number of para-hydroxylation sites is 4. The van der Waals surface area contributed by atoms with Crippen LogP contribution in [0.15, 0.2) is 297 Å². The highest BCUT2D eigenvalue weighted by molar-refractivity contribution is 7.20. The van der Waals surface area contributed by atoms with Gasteiger partial charge < -0.3 is 5.32 Å². The molecule has 0 aliphatic carbocycles. The zero-order chi connectivity index (χ0) is 54.2. The van der Waals surface area contributed by atoms with Crippen LogP contribution in [0, 0.1) is 0 Å². The average Bonchev–Trinajstić information content (AvgIpc) is 2.60. The second-order valence-corrected chi connectivity index (χ2v) is 28.7. The molecule has 388 valence electrons. The molecule has 5 heterocycles. The van der Waals surface area contributed by atoms with E-state index >= 15 is 0 Å². The first kappa shape index (κ1) is 47.5. The normalized spacial score (nSPS) is 13.8. The van der Waals surface area contributed by atoms with Gasteiger partial charge in [0.05, 0.1) is 44.8 Å². The summed E-state index contributed by atoms with van der Waals surface area (Å²) in [5, 5.41) is 14.4. The van der Waals surface area contributed by atoms with E-state index in [4.69, 9.17) is 19.9 Å². The van der Waals surface area contributed by atoms with E-state index in [1.807, 2.05) is 18.2 Å². The zero-order valence-electron chi connectivity index (χ0n) is 44.4. The lowest BCUT2D eigenvalue weighted by Crippen LogP contribution is -2.74. The minimum atomic E-state index is -2.89. The van der Waals surface area contributed by atoms with Crippen molar-refractivity contribution in [2.75, 3.05) is 15.1 Å². The van der Waals surface area contributed by atoms with Crippen LogP contribution in [-0.2, 0) is 0 Å². The Morgan fingerprint density at radius 3 is 1.27 bits per heavy atom. The fourth-order valence-electron chi connectivity index (χ4n) is 13.3. The molecule has 3 aromatic heterocycles. The number of nitrogens with one attached hydrogen (secondary N) is 1. The maximum Gasteiger partial charge on any atom is 0.242 e. The fraction of sp³-hybridized carbons (Fsp3) is 0.0141. The van der Waals surface area contributed by atoms with E-state index < -0.39 is 22.4 Å². The molecule has 0 radical (unpaired) electrons. The smallest absolute Gasteiger partial charge is 0.242 e. The Hall–Kier alpha value is -10.5. The molecule has 1 N–H and O–H groups in total. The van der Waals surface area contributed by atoms with Gasteiger partial charge in [0.1, 0.15) is 0 Å². The molecule has 2 aliphatic rings. The number of hydrogen-bond donors (Lipinski definition) is 1. The largest absolute Gasteiger partial charge is 0.346 e. The van der Waals surface area contributed by atoms with Crippen LogP contribution in [0.25, 0.3) is 45.2 Å². The van der Waals surface area contributed by atoms with E-state index in [0.717, 1.165) is 50.4 Å². The maximum atomic E-state index is 5.59. The van der Waals surface area contributed by atoms with Crippen LogP contribution >= 0.6 is 0 Å². The van der Waals surface area contributed by atoms with Crippen molar-refractivity contribution < 1.29 is 0 Å². The fourth-order valence-corrected chi connectivity index (χ4v) is 22.8. The molecule has 82 heavy (non-hydrogen) atoms. The molecular formula is C71H51N9Si2. The third-order valence-electron chi connectivity index (χ3n) is 16.8. The Balaban J connectivity index is 0.885. The van der Waals surface area contributed by atoms with Crippen molar-refractivity contribution in [2.24, 2.45) is 0 Å². The summed E-state index contributed by atoms with van der Waals surface area (Å²) in [4.78, 5) is 26.6. The van der Waals surface area contributed by atoms with Gasteiger partial charge in [-0.1, -0.05) is 249 Å². The van der Waals surface area contributed by atoms with Crippen molar-refractivity contribution in [3.8, 4) is 17.3 Å². The standard InChI is InChI=1S/C71H51N9Si2/c1-8-26-50(27-9-1)67-74-68(79-63-42-24-22-40-61(63)77-65-48-57(44-46-59(65)72-70(77)79)81(51-28-10-2-11-29-51,52-30-12-3-13-31-52)53-32-14-4-15-33-53)76-69(75-67)80-64-43-25-23-41-62(64)78-66-49-58(45-47-60(66)73-71(78)80)82(54-34-16-5-17-35-54,55-36-18-6-19-37-55)56-38-20-7-21-39-56/h1-49,70,72H. The summed E-state index contributed by atoms with van der Waals surface area (Å²) in [6.45, 7) is 0. The molecule has 2 aliphatic heterocycles. The Bertz CT molecular complexity index is 4490. The topological polar surface area (TPSA) is 79.4 Å². The van der Waals surface area contributed by atoms with Crippen LogP contribution in [-0.4, -0.2) is 51.3 Å². The quantitative estimate of drug-likeness (QED) is 0.102. The van der Waals surface area contributed by atoms with Crippen LogP contribution in [0.3, 0.4) is 0 Å². The Morgan fingerprint density at radius 1 is 0.317 bits per heavy atom. The highest BCUT2D eigenvalue weighted by Gasteiger charge is 2.48. The Morgan fingerprint density at radius 2 is 0.744 bits per heavy atom. The summed E-state index contributed by atoms with van der Waals surface area (Å²) in [6.07, 6.45) is -0.403. The molecule has 0 fully saturated rings. The van der Waals surface area contributed by atoms with Gasteiger partial charge in [-0.2, -0.15) is 15.0 Å². The van der Waals surface area contributed by atoms with Gasteiger partial charge in [-0.05, 0) is 90.0 Å². The van der Waals surface area contributed by atoms with Crippen molar-refractivity contribution in [1.29, 1.82) is 0 Å². The lowest BCUT2D eigenvalue weighted by atomic mass is 10.2. The molecule has 14 aromatic rings. The van der Waals surface area contributed by atoms with Gasteiger partial charge in [0.2, 0.25) is 17.7 Å². The van der Waals surface area contributed by atoms with Crippen molar-refractivity contribution in [2.45, 2.75) is 6.29 Å². The number of imidazole rings is 2. The molecule has 11 aromatic carbocycles. The average molecular weight is 1090 g/mol. The Labute approximate surface area is 476 Å². The van der Waals surface area contributed by atoms with E-state index in [-0.39, 0.29) is 0 Å². The number of benzene rings is 11. The van der Waals surface area contributed by atoms with Crippen molar-refractivity contribution in [3.63, 3.8) is 0 Å². The number of fused-ring (bicyclic) bond motifs is 10. The third kappa shape index (κ3) is 7.16. The highest BCUT2D eigenvalue weighted by Crippen LogP contribution is 2.52. The molecule has 0 saturated carbocycles. The van der Waals surface area contributed by atoms with Crippen LogP contribution in [0.5, 0.6) is 0 Å². The van der Waals surface area contributed by atoms with Gasteiger partial charge in [0, 0.05) is 5.56 Å². The summed E-state index contributed by atoms with van der Waals surface area (Å²) < 4.78 is 4.41. The van der Waals surface area contributed by atoms with Crippen molar-refractivity contribution in [3.05, 3.63) is 297 Å². The van der Waals surface area contributed by atoms with Crippen molar-refractivity contribution >= 4 is 114 Å². The molecule has 0 spiro atoms. The molecule has 1 unspecified atom stereocenters. The summed E-state index contributed by atoms with van der Waals surface area (Å²) in [5.41, 5.74) is 8.84. The predicted octanol–water partition coefficient (Wildman–Crippen LogP) is 10.0. The summed E-state index contributed by atoms with van der Waals surface area (Å²) >= 11 is 0. The van der Waals surface area contributed by atoms with Gasteiger partial charge in [-0.25, -0.2) is 9.55 Å². The molecule has 0 amide bonds. The molecular weight excluding hydrogens is 1040 g/mol. The maximum absolute atomic E-state index is 5.59. The van der Waals surface area contributed by atoms with Gasteiger partial charge in [0.15, 0.2) is 28.3 Å². The van der Waals surface area contributed by atoms with Gasteiger partial charge in [-0.3, -0.25) is 14.2 Å². The third-order valence-corrected chi connectivity index (χ3v) is 26.3. The first-order valence-electron chi connectivity index (χ1n) is 27.8. The van der Waals surface area contributed by atoms with E-state index in [1.54, 1.807) is 0 Å². The van der Waals surface area contributed by atoms with Gasteiger partial charge in [0.25, 0.3) is 0 Å². The monoisotopic (exact) mass is 1090 g/mol. The minimum Gasteiger partial charge on any atom is -0.346 e. The predicted molar refractivity (Wildman–Crippen MR) is 340 cm³/mol. The molecule has 0 bridgehead atoms. The Kier molecular flexibility index (Phi) is 11.1. The lowest BCUT2D eigenvalue weighted by Gasteiger charge is -2.35. The van der Waals surface area contributed by atoms with Crippen molar-refractivity contribution in [1.82, 2.24) is 28.9 Å². The van der Waals surface area contributed by atoms with Crippen LogP contribution in [0.1, 0.15) is 0 Å². The summed E-state index contributed by atoms with van der Waals surface area (Å²) in [5.74, 6) is 2.23. The number of aromatic nitrogens is 6. The van der Waals surface area contributed by atoms with E-state index in [1.165, 1.54) is 41.5 Å². The molecule has 0 saturated heterocycles. The van der Waals surface area contributed by atoms with Crippen LogP contribution in [0.2, 0.25) is 0 Å². The second kappa shape index (κ2) is 19.1. The summed E-state index contributed by atoms with van der Waals surface area (Å²) in [6, 6.07) is 108. The molecule has 1 atom stereocenters. The second-order valence-electron chi connectivity index (χ2n) is 21.1.